The lowest BCUT2D eigenvalue weighted by Crippen LogP contribution is -2.35. The summed E-state index contributed by atoms with van der Waals surface area (Å²) in [7, 11) is 0. The SMILES string of the molecule is CCCCCCCCCCCCCCCCC(C)C(C)(O)Cc1ccccc1. The quantitative estimate of drug-likeness (QED) is 0.250. The Morgan fingerprint density at radius 2 is 1.14 bits per heavy atom. The van der Waals surface area contributed by atoms with E-state index in [1.165, 1.54) is 95.5 Å². The second kappa shape index (κ2) is 16.0. The first-order chi connectivity index (χ1) is 13.6. The van der Waals surface area contributed by atoms with Crippen molar-refractivity contribution in [3.63, 3.8) is 0 Å². The van der Waals surface area contributed by atoms with Crippen molar-refractivity contribution >= 4 is 0 Å². The lowest BCUT2D eigenvalue weighted by molar-refractivity contribution is 0.00230. The highest BCUT2D eigenvalue weighted by molar-refractivity contribution is 5.17. The van der Waals surface area contributed by atoms with Crippen LogP contribution in [0.5, 0.6) is 0 Å². The Balaban J connectivity index is 1.93. The minimum atomic E-state index is -0.599. The van der Waals surface area contributed by atoms with Crippen molar-refractivity contribution in [3.8, 4) is 0 Å². The van der Waals surface area contributed by atoms with Gasteiger partial charge in [0.15, 0.2) is 0 Å². The maximum absolute atomic E-state index is 10.8. The molecule has 28 heavy (non-hydrogen) atoms. The van der Waals surface area contributed by atoms with Gasteiger partial charge < -0.3 is 5.11 Å². The molecule has 1 aromatic rings. The fraction of sp³-hybridized carbons (Fsp3) is 0.778. The molecule has 0 radical (unpaired) electrons. The van der Waals surface area contributed by atoms with Gasteiger partial charge in [-0.15, -0.1) is 0 Å². The third-order valence-corrected chi connectivity index (χ3v) is 6.46. The highest BCUT2D eigenvalue weighted by Gasteiger charge is 2.27. The van der Waals surface area contributed by atoms with E-state index < -0.39 is 5.60 Å². The third kappa shape index (κ3) is 12.6. The van der Waals surface area contributed by atoms with Gasteiger partial charge in [0, 0.05) is 6.42 Å². The molecule has 0 bridgehead atoms. The number of hydrogen-bond acceptors (Lipinski definition) is 1. The standard InChI is InChI=1S/C27H48O/c1-4-5-6-7-8-9-10-11-12-13-14-15-16-18-21-25(2)27(3,28)24-26-22-19-17-20-23-26/h17,19-20,22-23,25,28H,4-16,18,21,24H2,1-3H3. The maximum atomic E-state index is 10.8. The molecule has 162 valence electrons. The summed E-state index contributed by atoms with van der Waals surface area (Å²) in [6, 6.07) is 10.4. The van der Waals surface area contributed by atoms with Crippen LogP contribution in [0.2, 0.25) is 0 Å². The Bertz CT molecular complexity index is 451. The normalized spacial score (nSPS) is 14.7. The molecule has 1 N–H and O–H groups in total. The smallest absolute Gasteiger partial charge is 0.0685 e. The average Bonchev–Trinajstić information content (AvgIpc) is 2.68. The average molecular weight is 389 g/mol. The first kappa shape index (κ1) is 25.2. The zero-order chi connectivity index (χ0) is 20.5. The predicted molar refractivity (Wildman–Crippen MR) is 125 cm³/mol. The second-order valence-corrected chi connectivity index (χ2v) is 9.31. The molecule has 0 amide bonds. The van der Waals surface area contributed by atoms with Crippen molar-refractivity contribution in [2.75, 3.05) is 0 Å². The molecule has 2 unspecified atom stereocenters. The lowest BCUT2D eigenvalue weighted by Gasteiger charge is -2.30. The minimum absolute atomic E-state index is 0.352. The van der Waals surface area contributed by atoms with Gasteiger partial charge in [0.05, 0.1) is 5.60 Å². The van der Waals surface area contributed by atoms with Crippen LogP contribution < -0.4 is 0 Å². The van der Waals surface area contributed by atoms with Gasteiger partial charge in [0.2, 0.25) is 0 Å². The number of hydrogen-bond donors (Lipinski definition) is 1. The summed E-state index contributed by atoms with van der Waals surface area (Å²) in [6.45, 7) is 6.51. The van der Waals surface area contributed by atoms with Crippen molar-refractivity contribution in [1.29, 1.82) is 0 Å². The summed E-state index contributed by atoms with van der Waals surface area (Å²) >= 11 is 0. The molecule has 0 aliphatic rings. The fourth-order valence-electron chi connectivity index (χ4n) is 4.14. The Hall–Kier alpha value is -0.820. The molecular weight excluding hydrogens is 340 g/mol. The maximum Gasteiger partial charge on any atom is 0.0685 e. The molecular formula is C27H48O. The van der Waals surface area contributed by atoms with E-state index in [0.29, 0.717) is 5.92 Å². The van der Waals surface area contributed by atoms with Crippen LogP contribution in [-0.2, 0) is 6.42 Å². The van der Waals surface area contributed by atoms with Crippen LogP contribution in [0.25, 0.3) is 0 Å². The van der Waals surface area contributed by atoms with Crippen LogP contribution in [-0.4, -0.2) is 10.7 Å². The van der Waals surface area contributed by atoms with Gasteiger partial charge in [-0.05, 0) is 24.8 Å². The van der Waals surface area contributed by atoms with Crippen molar-refractivity contribution in [3.05, 3.63) is 35.9 Å². The van der Waals surface area contributed by atoms with Crippen LogP contribution in [0.15, 0.2) is 30.3 Å². The lowest BCUT2D eigenvalue weighted by atomic mass is 9.82. The van der Waals surface area contributed by atoms with E-state index in [0.717, 1.165) is 12.8 Å². The molecule has 0 spiro atoms. The monoisotopic (exact) mass is 388 g/mol. The van der Waals surface area contributed by atoms with Crippen molar-refractivity contribution in [1.82, 2.24) is 0 Å². The van der Waals surface area contributed by atoms with Crippen LogP contribution in [0.3, 0.4) is 0 Å². The number of aliphatic hydroxyl groups is 1. The molecule has 1 aromatic carbocycles. The summed E-state index contributed by atoms with van der Waals surface area (Å²) < 4.78 is 0. The Kier molecular flexibility index (Phi) is 14.4. The molecule has 1 heteroatoms. The highest BCUT2D eigenvalue weighted by atomic mass is 16.3. The van der Waals surface area contributed by atoms with E-state index in [4.69, 9.17) is 0 Å². The van der Waals surface area contributed by atoms with Gasteiger partial charge in [-0.1, -0.05) is 134 Å². The molecule has 0 heterocycles. The van der Waals surface area contributed by atoms with E-state index >= 15 is 0 Å². The van der Waals surface area contributed by atoms with Gasteiger partial charge in [-0.25, -0.2) is 0 Å². The van der Waals surface area contributed by atoms with Gasteiger partial charge >= 0.3 is 0 Å². The molecule has 0 saturated carbocycles. The van der Waals surface area contributed by atoms with Crippen LogP contribution in [0.1, 0.15) is 123 Å². The predicted octanol–water partition coefficient (Wildman–Crippen LogP) is 8.49. The van der Waals surface area contributed by atoms with E-state index in [-0.39, 0.29) is 0 Å². The van der Waals surface area contributed by atoms with Gasteiger partial charge in [-0.3, -0.25) is 0 Å². The largest absolute Gasteiger partial charge is 0.390 e. The van der Waals surface area contributed by atoms with Crippen molar-refractivity contribution in [2.45, 2.75) is 129 Å². The first-order valence-corrected chi connectivity index (χ1v) is 12.3. The molecule has 1 nitrogen and oxygen atoms in total. The number of rotatable bonds is 18. The Morgan fingerprint density at radius 1 is 0.714 bits per heavy atom. The topological polar surface area (TPSA) is 20.2 Å². The molecule has 0 saturated heterocycles. The molecule has 0 fully saturated rings. The van der Waals surface area contributed by atoms with Gasteiger partial charge in [0.1, 0.15) is 0 Å². The highest BCUT2D eigenvalue weighted by Crippen LogP contribution is 2.27. The minimum Gasteiger partial charge on any atom is -0.390 e. The summed E-state index contributed by atoms with van der Waals surface area (Å²) in [4.78, 5) is 0. The van der Waals surface area contributed by atoms with Crippen LogP contribution >= 0.6 is 0 Å². The fourth-order valence-corrected chi connectivity index (χ4v) is 4.14. The van der Waals surface area contributed by atoms with Gasteiger partial charge in [-0.2, -0.15) is 0 Å². The number of benzene rings is 1. The summed E-state index contributed by atoms with van der Waals surface area (Å²) in [5.41, 5.74) is 0.637. The van der Waals surface area contributed by atoms with Gasteiger partial charge in [0.25, 0.3) is 0 Å². The van der Waals surface area contributed by atoms with Crippen LogP contribution in [0, 0.1) is 5.92 Å². The third-order valence-electron chi connectivity index (χ3n) is 6.46. The zero-order valence-electron chi connectivity index (χ0n) is 19.2. The zero-order valence-corrected chi connectivity index (χ0v) is 19.2. The van der Waals surface area contributed by atoms with E-state index in [9.17, 15) is 5.11 Å². The first-order valence-electron chi connectivity index (χ1n) is 12.3. The summed E-state index contributed by atoms with van der Waals surface area (Å²) in [5.74, 6) is 0.352. The van der Waals surface area contributed by atoms with Crippen molar-refractivity contribution in [2.24, 2.45) is 5.92 Å². The summed E-state index contributed by atoms with van der Waals surface area (Å²) in [6.07, 6.45) is 21.5. The Morgan fingerprint density at radius 3 is 1.61 bits per heavy atom. The molecule has 1 rings (SSSR count). The molecule has 0 aromatic heterocycles. The van der Waals surface area contributed by atoms with E-state index in [2.05, 4.69) is 38.1 Å². The molecule has 2 atom stereocenters. The molecule has 0 aliphatic heterocycles. The van der Waals surface area contributed by atoms with E-state index in [1.807, 2.05) is 13.0 Å². The van der Waals surface area contributed by atoms with Crippen LogP contribution in [0.4, 0.5) is 0 Å². The van der Waals surface area contributed by atoms with Crippen molar-refractivity contribution < 1.29 is 5.11 Å². The molecule has 0 aliphatic carbocycles. The van der Waals surface area contributed by atoms with E-state index in [1.54, 1.807) is 0 Å². The second-order valence-electron chi connectivity index (χ2n) is 9.31. The summed E-state index contributed by atoms with van der Waals surface area (Å²) in [5, 5.41) is 10.8. The Labute approximate surface area is 176 Å². The number of unbranched alkanes of at least 4 members (excludes halogenated alkanes) is 13.